The molecule has 8 nitrogen and oxygen atoms in total. The van der Waals surface area contributed by atoms with Crippen LogP contribution < -0.4 is 5.32 Å². The van der Waals surface area contributed by atoms with Crippen molar-refractivity contribution in [2.75, 3.05) is 13.2 Å². The van der Waals surface area contributed by atoms with Crippen LogP contribution in [0.1, 0.15) is 21.9 Å². The lowest BCUT2D eigenvalue weighted by Crippen LogP contribution is -2.41. The highest BCUT2D eigenvalue weighted by Gasteiger charge is 2.31. The highest BCUT2D eigenvalue weighted by molar-refractivity contribution is 5.93. The fourth-order valence-corrected chi connectivity index (χ4v) is 2.99. The normalized spacial score (nSPS) is 20.5. The molecule has 0 unspecified atom stereocenters. The minimum atomic E-state index is -0.194. The molecular weight excluding hydrogens is 310 g/mol. The number of rotatable bonds is 4. The summed E-state index contributed by atoms with van der Waals surface area (Å²) in [6, 6.07) is 7.15. The Kier molecular flexibility index (Phi) is 3.73. The van der Waals surface area contributed by atoms with Crippen LogP contribution in [0.25, 0.3) is 5.65 Å². The number of hydrogen-bond donors (Lipinski definition) is 1. The number of aryl methyl sites for hydroxylation is 1. The number of carbonyl (C=O) groups excluding carboxylic acids is 1. The summed E-state index contributed by atoms with van der Waals surface area (Å²) in [5.74, 6) is 0.761. The van der Waals surface area contributed by atoms with E-state index in [4.69, 9.17) is 9.26 Å². The first-order chi connectivity index (χ1) is 11.7. The first kappa shape index (κ1) is 14.8. The van der Waals surface area contributed by atoms with Gasteiger partial charge in [-0.05, 0) is 19.1 Å². The maximum atomic E-state index is 12.6. The lowest BCUT2D eigenvalue weighted by atomic mass is 9.98. The van der Waals surface area contributed by atoms with E-state index in [1.165, 1.54) is 10.8 Å². The molecule has 0 saturated carbocycles. The van der Waals surface area contributed by atoms with Crippen LogP contribution in [0, 0.1) is 12.8 Å². The summed E-state index contributed by atoms with van der Waals surface area (Å²) in [6.07, 6.45) is 2.11. The molecule has 1 aliphatic rings. The summed E-state index contributed by atoms with van der Waals surface area (Å²) in [5.41, 5.74) is 1.94. The zero-order valence-electron chi connectivity index (χ0n) is 13.2. The Morgan fingerprint density at radius 1 is 1.42 bits per heavy atom. The fraction of sp³-hybridized carbons (Fsp3) is 0.375. The van der Waals surface area contributed by atoms with Crippen molar-refractivity contribution in [1.29, 1.82) is 0 Å². The van der Waals surface area contributed by atoms with Crippen molar-refractivity contribution in [2.45, 2.75) is 19.4 Å². The Morgan fingerprint density at radius 2 is 2.33 bits per heavy atom. The standard InChI is InChI=1S/C16H17N5O3/c1-10-5-12(24-20-10)6-11-7-23-8-13(11)19-16(22)14-3-2-4-15-17-9-18-21(14)15/h2-5,9,11,13H,6-8H2,1H3,(H,19,22)/t11-,13+/m1/s1. The lowest BCUT2D eigenvalue weighted by molar-refractivity contribution is 0.0917. The van der Waals surface area contributed by atoms with Crippen molar-refractivity contribution in [3.8, 4) is 0 Å². The first-order valence-electron chi connectivity index (χ1n) is 7.80. The molecule has 1 amide bonds. The molecule has 1 fully saturated rings. The van der Waals surface area contributed by atoms with Crippen LogP contribution in [0.5, 0.6) is 0 Å². The second-order valence-corrected chi connectivity index (χ2v) is 5.96. The van der Waals surface area contributed by atoms with E-state index in [1.807, 2.05) is 13.0 Å². The highest BCUT2D eigenvalue weighted by atomic mass is 16.5. The molecule has 0 aromatic carbocycles. The van der Waals surface area contributed by atoms with E-state index in [0.29, 0.717) is 31.0 Å². The van der Waals surface area contributed by atoms with Gasteiger partial charge in [0.25, 0.3) is 5.91 Å². The highest BCUT2D eigenvalue weighted by Crippen LogP contribution is 2.20. The molecule has 0 radical (unpaired) electrons. The Morgan fingerprint density at radius 3 is 3.17 bits per heavy atom. The van der Waals surface area contributed by atoms with Gasteiger partial charge in [0, 0.05) is 18.4 Å². The van der Waals surface area contributed by atoms with Crippen LogP contribution in [0.4, 0.5) is 0 Å². The van der Waals surface area contributed by atoms with Crippen LogP contribution in [0.15, 0.2) is 35.1 Å². The number of ether oxygens (including phenoxy) is 1. The summed E-state index contributed by atoms with van der Waals surface area (Å²) in [7, 11) is 0. The molecule has 1 saturated heterocycles. The number of nitrogens with one attached hydrogen (secondary N) is 1. The molecule has 3 aromatic heterocycles. The van der Waals surface area contributed by atoms with Gasteiger partial charge in [-0.3, -0.25) is 4.79 Å². The number of pyridine rings is 1. The van der Waals surface area contributed by atoms with Gasteiger partial charge in [0.2, 0.25) is 0 Å². The van der Waals surface area contributed by atoms with Gasteiger partial charge in [-0.25, -0.2) is 9.50 Å². The number of aromatic nitrogens is 4. The summed E-state index contributed by atoms with van der Waals surface area (Å²) in [4.78, 5) is 16.7. The number of hydrogen-bond acceptors (Lipinski definition) is 6. The Bertz CT molecular complexity index is 871. The van der Waals surface area contributed by atoms with E-state index in [2.05, 4.69) is 20.6 Å². The topological polar surface area (TPSA) is 94.5 Å². The van der Waals surface area contributed by atoms with E-state index in [9.17, 15) is 4.79 Å². The third-order valence-electron chi connectivity index (χ3n) is 4.19. The van der Waals surface area contributed by atoms with E-state index in [1.54, 1.807) is 18.2 Å². The van der Waals surface area contributed by atoms with E-state index in [0.717, 1.165) is 11.5 Å². The quantitative estimate of drug-likeness (QED) is 0.768. The third-order valence-corrected chi connectivity index (χ3v) is 4.19. The number of fused-ring (bicyclic) bond motifs is 1. The minimum Gasteiger partial charge on any atom is -0.379 e. The van der Waals surface area contributed by atoms with Crippen molar-refractivity contribution < 1.29 is 14.1 Å². The number of amides is 1. The van der Waals surface area contributed by atoms with Gasteiger partial charge in [-0.1, -0.05) is 11.2 Å². The van der Waals surface area contributed by atoms with Gasteiger partial charge in [-0.2, -0.15) is 5.10 Å². The van der Waals surface area contributed by atoms with Gasteiger partial charge in [0.05, 0.1) is 24.9 Å². The average molecular weight is 327 g/mol. The van der Waals surface area contributed by atoms with Crippen molar-refractivity contribution in [1.82, 2.24) is 25.1 Å². The Labute approximate surface area is 137 Å². The molecule has 1 N–H and O–H groups in total. The number of carbonyl (C=O) groups is 1. The van der Waals surface area contributed by atoms with Crippen molar-refractivity contribution in [3.63, 3.8) is 0 Å². The molecule has 1 aliphatic heterocycles. The maximum absolute atomic E-state index is 12.6. The molecule has 4 rings (SSSR count). The maximum Gasteiger partial charge on any atom is 0.270 e. The summed E-state index contributed by atoms with van der Waals surface area (Å²) in [5, 5.41) is 11.0. The Hall–Kier alpha value is -2.74. The number of nitrogens with zero attached hydrogens (tertiary/aromatic N) is 4. The monoisotopic (exact) mass is 327 g/mol. The molecule has 0 spiro atoms. The first-order valence-corrected chi connectivity index (χ1v) is 7.80. The van der Waals surface area contributed by atoms with Crippen LogP contribution in [-0.2, 0) is 11.2 Å². The zero-order chi connectivity index (χ0) is 16.5. The van der Waals surface area contributed by atoms with Crippen molar-refractivity contribution in [2.24, 2.45) is 5.92 Å². The molecule has 0 bridgehead atoms. The van der Waals surface area contributed by atoms with Gasteiger partial charge < -0.3 is 14.6 Å². The van der Waals surface area contributed by atoms with E-state index >= 15 is 0 Å². The van der Waals surface area contributed by atoms with Crippen LogP contribution >= 0.6 is 0 Å². The van der Waals surface area contributed by atoms with Gasteiger partial charge in [0.1, 0.15) is 17.8 Å². The average Bonchev–Trinajstić information content (AvgIpc) is 3.29. The second kappa shape index (κ2) is 6.04. The molecule has 3 aromatic rings. The molecule has 0 aliphatic carbocycles. The van der Waals surface area contributed by atoms with E-state index in [-0.39, 0.29) is 17.9 Å². The Balaban J connectivity index is 1.49. The molecule has 2 atom stereocenters. The fourth-order valence-electron chi connectivity index (χ4n) is 2.99. The largest absolute Gasteiger partial charge is 0.379 e. The smallest absolute Gasteiger partial charge is 0.270 e. The van der Waals surface area contributed by atoms with Crippen molar-refractivity contribution in [3.05, 3.63) is 47.7 Å². The summed E-state index contributed by atoms with van der Waals surface area (Å²) < 4.78 is 12.3. The molecule has 24 heavy (non-hydrogen) atoms. The van der Waals surface area contributed by atoms with Crippen LogP contribution in [0.3, 0.4) is 0 Å². The van der Waals surface area contributed by atoms with Gasteiger partial charge >= 0.3 is 0 Å². The van der Waals surface area contributed by atoms with Gasteiger partial charge in [-0.15, -0.1) is 0 Å². The predicted molar refractivity (Wildman–Crippen MR) is 83.5 cm³/mol. The van der Waals surface area contributed by atoms with Gasteiger partial charge in [0.15, 0.2) is 5.65 Å². The minimum absolute atomic E-state index is 0.0818. The second-order valence-electron chi connectivity index (χ2n) is 5.96. The lowest BCUT2D eigenvalue weighted by Gasteiger charge is -2.18. The van der Waals surface area contributed by atoms with Crippen LogP contribution in [0.2, 0.25) is 0 Å². The summed E-state index contributed by atoms with van der Waals surface area (Å²) >= 11 is 0. The molecular formula is C16H17N5O3. The SMILES string of the molecule is Cc1cc(C[C@@H]2COC[C@@H]2NC(=O)c2cccc3ncnn23)on1. The summed E-state index contributed by atoms with van der Waals surface area (Å²) in [6.45, 7) is 2.95. The van der Waals surface area contributed by atoms with Crippen molar-refractivity contribution >= 4 is 11.6 Å². The molecule has 8 heteroatoms. The van der Waals surface area contributed by atoms with E-state index < -0.39 is 0 Å². The van der Waals surface area contributed by atoms with Crippen LogP contribution in [-0.4, -0.2) is 44.9 Å². The molecule has 4 heterocycles. The molecule has 124 valence electrons. The zero-order valence-corrected chi connectivity index (χ0v) is 13.2. The predicted octanol–water partition coefficient (Wildman–Crippen LogP) is 1.01. The third kappa shape index (κ3) is 2.76.